The van der Waals surface area contributed by atoms with Crippen LogP contribution >= 0.6 is 0 Å². The summed E-state index contributed by atoms with van der Waals surface area (Å²) in [5, 5.41) is 14.7. The Morgan fingerprint density at radius 3 is 2.40 bits per heavy atom. The van der Waals surface area contributed by atoms with Crippen LogP contribution in [0.25, 0.3) is 0 Å². The lowest BCUT2D eigenvalue weighted by molar-refractivity contribution is -0.153. The lowest BCUT2D eigenvalue weighted by Gasteiger charge is -2.29. The zero-order valence-corrected chi connectivity index (χ0v) is 20.9. The van der Waals surface area contributed by atoms with Crippen molar-refractivity contribution in [2.24, 2.45) is 5.92 Å². The molecule has 35 heavy (non-hydrogen) atoms. The van der Waals surface area contributed by atoms with Crippen LogP contribution in [0.5, 0.6) is 0 Å². The molecule has 3 N–H and O–H groups in total. The lowest BCUT2D eigenvalue weighted by Crippen LogP contribution is -2.47. The summed E-state index contributed by atoms with van der Waals surface area (Å²) in [7, 11) is 1.50. The number of carbonyl (C=O) groups is 3. The highest BCUT2D eigenvalue weighted by atomic mass is 16.5. The fourth-order valence-electron chi connectivity index (χ4n) is 3.56. The average molecular weight is 489 g/mol. The van der Waals surface area contributed by atoms with E-state index in [-0.39, 0.29) is 50.3 Å². The van der Waals surface area contributed by atoms with Crippen molar-refractivity contribution >= 4 is 17.8 Å². The van der Waals surface area contributed by atoms with Crippen molar-refractivity contribution in [2.45, 2.75) is 63.6 Å². The Hall–Kier alpha value is -2.97. The number of carbonyl (C=O) groups excluding carboxylic acids is 3. The number of hydrogen-bond donors (Lipinski definition) is 3. The van der Waals surface area contributed by atoms with Crippen LogP contribution in [-0.4, -0.2) is 55.3 Å². The number of unbranched alkanes of at least 4 members (excludes halogenated alkanes) is 2. The molecule has 2 amide bonds. The van der Waals surface area contributed by atoms with Gasteiger partial charge in [0.25, 0.3) is 0 Å². The minimum absolute atomic E-state index is 0.0685. The molecule has 0 aromatic heterocycles. The third-order valence-corrected chi connectivity index (χ3v) is 5.40. The second-order valence-corrected chi connectivity index (χ2v) is 8.50. The summed E-state index contributed by atoms with van der Waals surface area (Å²) in [5.41, 5.74) is 0.726. The Balaban J connectivity index is 3.02. The van der Waals surface area contributed by atoms with Crippen LogP contribution in [0.15, 0.2) is 55.6 Å². The van der Waals surface area contributed by atoms with Crippen LogP contribution in [0.4, 0.5) is 0 Å². The quantitative estimate of drug-likeness (QED) is 0.166. The van der Waals surface area contributed by atoms with Gasteiger partial charge < -0.3 is 25.2 Å². The Bertz CT molecular complexity index is 798. The molecule has 4 atom stereocenters. The van der Waals surface area contributed by atoms with E-state index >= 15 is 0 Å². The number of hydrogen-bond acceptors (Lipinski definition) is 6. The van der Waals surface area contributed by atoms with Crippen molar-refractivity contribution in [3.63, 3.8) is 0 Å². The number of amides is 2. The maximum Gasteiger partial charge on any atom is 0.306 e. The Kier molecular flexibility index (Phi) is 15.0. The molecule has 0 saturated heterocycles. The molecule has 1 aromatic rings. The first-order chi connectivity index (χ1) is 16.9. The lowest BCUT2D eigenvalue weighted by atomic mass is 9.97. The Morgan fingerprint density at radius 1 is 1.09 bits per heavy atom. The number of methoxy groups -OCH3 is 1. The van der Waals surface area contributed by atoms with Crippen LogP contribution < -0.4 is 10.6 Å². The number of esters is 1. The van der Waals surface area contributed by atoms with Gasteiger partial charge in [-0.15, -0.1) is 13.2 Å². The highest BCUT2D eigenvalue weighted by Gasteiger charge is 2.31. The SMILES string of the molecule is C=CCCCCC(=O)O[C@@H](c1ccccc1)[C@H](COC)NC(=O)[C@H](CC=C)CC(=O)N[C@H](C)CO. The number of ether oxygens (including phenoxy) is 2. The molecule has 0 aliphatic heterocycles. The van der Waals surface area contributed by atoms with Crippen LogP contribution in [0.3, 0.4) is 0 Å². The molecule has 1 aromatic carbocycles. The highest BCUT2D eigenvalue weighted by molar-refractivity contribution is 5.86. The minimum Gasteiger partial charge on any atom is -0.455 e. The van der Waals surface area contributed by atoms with E-state index in [9.17, 15) is 14.4 Å². The minimum atomic E-state index is -0.764. The maximum atomic E-state index is 13.2. The summed E-state index contributed by atoms with van der Waals surface area (Å²) in [4.78, 5) is 38.1. The van der Waals surface area contributed by atoms with E-state index in [1.165, 1.54) is 7.11 Å². The third kappa shape index (κ3) is 11.8. The van der Waals surface area contributed by atoms with Gasteiger partial charge in [0.15, 0.2) is 0 Å². The molecule has 0 heterocycles. The zero-order chi connectivity index (χ0) is 26.1. The summed E-state index contributed by atoms with van der Waals surface area (Å²) >= 11 is 0. The fraction of sp³-hybridized carbons (Fsp3) is 0.519. The Morgan fingerprint density at radius 2 is 1.80 bits per heavy atom. The number of benzene rings is 1. The Labute approximate surface area is 208 Å². The second kappa shape index (κ2) is 17.5. The summed E-state index contributed by atoms with van der Waals surface area (Å²) in [6.07, 6.45) is 5.44. The van der Waals surface area contributed by atoms with E-state index < -0.39 is 24.1 Å². The molecule has 1 rings (SSSR count). The molecule has 0 bridgehead atoms. The molecule has 0 aliphatic rings. The van der Waals surface area contributed by atoms with Crippen molar-refractivity contribution in [3.8, 4) is 0 Å². The molecular formula is C27H40N2O6. The smallest absolute Gasteiger partial charge is 0.306 e. The van der Waals surface area contributed by atoms with Crippen LogP contribution in [-0.2, 0) is 23.9 Å². The van der Waals surface area contributed by atoms with Crippen LogP contribution in [0.1, 0.15) is 57.1 Å². The molecule has 0 fully saturated rings. The van der Waals surface area contributed by atoms with Gasteiger partial charge in [-0.05, 0) is 38.2 Å². The first kappa shape index (κ1) is 30.1. The van der Waals surface area contributed by atoms with Crippen LogP contribution in [0, 0.1) is 5.92 Å². The van der Waals surface area contributed by atoms with Gasteiger partial charge in [0, 0.05) is 26.0 Å². The standard InChI is InChI=1S/C27H40N2O6/c1-5-7-8-12-16-25(32)35-26(21-14-10-9-11-15-21)23(19-34-4)29-27(33)22(13-6-2)17-24(31)28-20(3)18-30/h5-6,9-11,14-15,20,22-23,26,30H,1-2,7-8,12-13,16-19H2,3-4H3,(H,28,31)(H,29,33)/t20-,22-,23+,26+/m1/s1. The highest BCUT2D eigenvalue weighted by Crippen LogP contribution is 2.24. The predicted molar refractivity (Wildman–Crippen MR) is 135 cm³/mol. The van der Waals surface area contributed by atoms with Gasteiger partial charge in [-0.3, -0.25) is 14.4 Å². The van der Waals surface area contributed by atoms with Gasteiger partial charge in [-0.2, -0.15) is 0 Å². The van der Waals surface area contributed by atoms with Gasteiger partial charge in [0.1, 0.15) is 6.10 Å². The second-order valence-electron chi connectivity index (χ2n) is 8.50. The largest absolute Gasteiger partial charge is 0.455 e. The molecule has 0 unspecified atom stereocenters. The summed E-state index contributed by atoms with van der Waals surface area (Å²) in [6, 6.07) is 8.10. The molecule has 0 aliphatic carbocycles. The summed E-state index contributed by atoms with van der Waals surface area (Å²) in [5.74, 6) is -1.76. The van der Waals surface area contributed by atoms with E-state index in [1.54, 1.807) is 13.0 Å². The van der Waals surface area contributed by atoms with Gasteiger partial charge >= 0.3 is 5.97 Å². The number of allylic oxidation sites excluding steroid dienone is 2. The van der Waals surface area contributed by atoms with Gasteiger partial charge in [-0.25, -0.2) is 0 Å². The predicted octanol–water partition coefficient (Wildman–Crippen LogP) is 3.23. The first-order valence-corrected chi connectivity index (χ1v) is 12.0. The fourth-order valence-corrected chi connectivity index (χ4v) is 3.56. The van der Waals surface area contributed by atoms with Crippen molar-refractivity contribution in [2.75, 3.05) is 20.3 Å². The molecule has 0 radical (unpaired) electrons. The van der Waals surface area contributed by atoms with E-state index in [0.29, 0.717) is 6.42 Å². The van der Waals surface area contributed by atoms with Crippen molar-refractivity contribution < 1.29 is 29.0 Å². The number of aliphatic hydroxyl groups is 1. The summed E-state index contributed by atoms with van der Waals surface area (Å²) < 4.78 is 11.2. The van der Waals surface area contributed by atoms with E-state index in [4.69, 9.17) is 14.6 Å². The molecule has 0 saturated carbocycles. The molecule has 0 spiro atoms. The van der Waals surface area contributed by atoms with Crippen molar-refractivity contribution in [1.82, 2.24) is 10.6 Å². The zero-order valence-electron chi connectivity index (χ0n) is 20.9. The first-order valence-electron chi connectivity index (χ1n) is 12.0. The van der Waals surface area contributed by atoms with E-state index in [2.05, 4.69) is 23.8 Å². The normalized spacial score (nSPS) is 14.1. The third-order valence-electron chi connectivity index (χ3n) is 5.40. The van der Waals surface area contributed by atoms with E-state index in [1.807, 2.05) is 36.4 Å². The van der Waals surface area contributed by atoms with Crippen molar-refractivity contribution in [1.29, 1.82) is 0 Å². The monoisotopic (exact) mass is 488 g/mol. The molecule has 8 nitrogen and oxygen atoms in total. The number of nitrogens with one attached hydrogen (secondary N) is 2. The molecule has 8 heteroatoms. The average Bonchev–Trinajstić information content (AvgIpc) is 2.85. The van der Waals surface area contributed by atoms with Gasteiger partial charge in [0.2, 0.25) is 11.8 Å². The van der Waals surface area contributed by atoms with Gasteiger partial charge in [-0.1, -0.05) is 42.5 Å². The molecular weight excluding hydrogens is 448 g/mol. The van der Waals surface area contributed by atoms with E-state index in [0.717, 1.165) is 18.4 Å². The summed E-state index contributed by atoms with van der Waals surface area (Å²) in [6.45, 7) is 8.96. The van der Waals surface area contributed by atoms with Crippen molar-refractivity contribution in [3.05, 3.63) is 61.2 Å². The van der Waals surface area contributed by atoms with Gasteiger partial charge in [0.05, 0.1) is 25.2 Å². The number of aliphatic hydroxyl groups excluding tert-OH is 1. The molecule has 194 valence electrons. The van der Waals surface area contributed by atoms with Crippen LogP contribution in [0.2, 0.25) is 0 Å². The maximum absolute atomic E-state index is 13.2. The topological polar surface area (TPSA) is 114 Å². The number of rotatable bonds is 18.